The molecule has 0 saturated carbocycles. The summed E-state index contributed by atoms with van der Waals surface area (Å²) >= 11 is 1.91. The van der Waals surface area contributed by atoms with Gasteiger partial charge in [-0.1, -0.05) is 32.0 Å². The summed E-state index contributed by atoms with van der Waals surface area (Å²) in [6, 6.07) is 0. The summed E-state index contributed by atoms with van der Waals surface area (Å²) < 4.78 is 1.95. The maximum atomic E-state index is 4.64. The molecule has 22 heavy (non-hydrogen) atoms. The summed E-state index contributed by atoms with van der Waals surface area (Å²) in [5, 5.41) is 14.0. The molecular formula is C14H25N7S. The van der Waals surface area contributed by atoms with Crippen LogP contribution in [-0.4, -0.2) is 73.1 Å². The number of aliphatic imine (C=N–C) groups is 1. The molecule has 0 unspecified atom stereocenters. The number of aromatic nitrogens is 4. The first-order valence-electron chi connectivity index (χ1n) is 8.19. The summed E-state index contributed by atoms with van der Waals surface area (Å²) in [4.78, 5) is 9.50. The van der Waals surface area contributed by atoms with Crippen molar-refractivity contribution in [1.29, 1.82) is 0 Å². The second kappa shape index (κ2) is 7.41. The smallest absolute Gasteiger partial charge is 0.165 e. The van der Waals surface area contributed by atoms with Crippen LogP contribution in [0, 0.1) is 0 Å². The molecule has 1 aromatic heterocycles. The standard InChI is InChI=1S/C14H25N7S/c1-3-4-5-21-13(16-17-18-21)11-19-6-8-20(9-7-19)14-15-10-12(2)22-14/h12H,3-11H2,1-2H3/t12-/m1/s1. The van der Waals surface area contributed by atoms with Crippen molar-refractivity contribution in [3.05, 3.63) is 5.82 Å². The third-order valence-corrected chi connectivity index (χ3v) is 5.28. The van der Waals surface area contributed by atoms with E-state index in [9.17, 15) is 0 Å². The molecule has 0 aliphatic carbocycles. The summed E-state index contributed by atoms with van der Waals surface area (Å²) in [5.41, 5.74) is 0. The molecule has 8 heteroatoms. The third kappa shape index (κ3) is 3.78. The van der Waals surface area contributed by atoms with Crippen LogP contribution in [0.5, 0.6) is 0 Å². The van der Waals surface area contributed by atoms with E-state index < -0.39 is 0 Å². The molecule has 122 valence electrons. The van der Waals surface area contributed by atoms with E-state index in [1.807, 2.05) is 16.4 Å². The highest BCUT2D eigenvalue weighted by molar-refractivity contribution is 8.14. The predicted molar refractivity (Wildman–Crippen MR) is 88.9 cm³/mol. The molecular weight excluding hydrogens is 298 g/mol. The number of unbranched alkanes of at least 4 members (excludes halogenated alkanes) is 1. The second-order valence-corrected chi connectivity index (χ2v) is 7.39. The summed E-state index contributed by atoms with van der Waals surface area (Å²) in [6.45, 7) is 11.4. The van der Waals surface area contributed by atoms with Crippen molar-refractivity contribution in [2.24, 2.45) is 4.99 Å². The number of hydrogen-bond donors (Lipinski definition) is 0. The van der Waals surface area contributed by atoms with Crippen molar-refractivity contribution >= 4 is 16.9 Å². The van der Waals surface area contributed by atoms with Gasteiger partial charge in [0.15, 0.2) is 11.0 Å². The fourth-order valence-corrected chi connectivity index (χ4v) is 3.74. The highest BCUT2D eigenvalue weighted by Crippen LogP contribution is 2.23. The lowest BCUT2D eigenvalue weighted by molar-refractivity contribution is 0.171. The van der Waals surface area contributed by atoms with Crippen LogP contribution in [0.15, 0.2) is 4.99 Å². The number of thioether (sulfide) groups is 1. The minimum absolute atomic E-state index is 0.635. The molecule has 3 rings (SSSR count). The first-order chi connectivity index (χ1) is 10.8. The predicted octanol–water partition coefficient (Wildman–Crippen LogP) is 1.08. The average molecular weight is 323 g/mol. The molecule has 1 fully saturated rings. The Balaban J connectivity index is 1.49. The van der Waals surface area contributed by atoms with Gasteiger partial charge in [0.25, 0.3) is 0 Å². The lowest BCUT2D eigenvalue weighted by Gasteiger charge is -2.35. The molecule has 0 radical (unpaired) electrons. The summed E-state index contributed by atoms with van der Waals surface area (Å²) in [5.74, 6) is 0.989. The van der Waals surface area contributed by atoms with E-state index in [4.69, 9.17) is 0 Å². The van der Waals surface area contributed by atoms with Gasteiger partial charge < -0.3 is 4.90 Å². The van der Waals surface area contributed by atoms with Crippen LogP contribution in [0.4, 0.5) is 0 Å². The highest BCUT2D eigenvalue weighted by Gasteiger charge is 2.25. The molecule has 1 saturated heterocycles. The molecule has 0 spiro atoms. The Labute approximate surface area is 136 Å². The van der Waals surface area contributed by atoms with Gasteiger partial charge >= 0.3 is 0 Å². The minimum atomic E-state index is 0.635. The van der Waals surface area contributed by atoms with Crippen molar-refractivity contribution < 1.29 is 0 Å². The number of amidine groups is 1. The highest BCUT2D eigenvalue weighted by atomic mass is 32.2. The van der Waals surface area contributed by atoms with Crippen LogP contribution in [0.2, 0.25) is 0 Å². The normalized spacial score (nSPS) is 23.1. The zero-order valence-corrected chi connectivity index (χ0v) is 14.3. The minimum Gasteiger partial charge on any atom is -0.349 e. The SMILES string of the molecule is CCCCn1nnnc1CN1CCN(C2=NC[C@@H](C)S2)CC1. The monoisotopic (exact) mass is 323 g/mol. The van der Waals surface area contributed by atoms with Crippen molar-refractivity contribution in [2.75, 3.05) is 32.7 Å². The molecule has 3 heterocycles. The van der Waals surface area contributed by atoms with Gasteiger partial charge in [-0.3, -0.25) is 9.89 Å². The Morgan fingerprint density at radius 3 is 2.73 bits per heavy atom. The molecule has 2 aliphatic rings. The molecule has 2 aliphatic heterocycles. The fourth-order valence-electron chi connectivity index (χ4n) is 2.75. The van der Waals surface area contributed by atoms with E-state index in [2.05, 4.69) is 44.2 Å². The van der Waals surface area contributed by atoms with Crippen molar-refractivity contribution in [3.8, 4) is 0 Å². The number of tetrazole rings is 1. The number of rotatable bonds is 5. The van der Waals surface area contributed by atoms with Crippen molar-refractivity contribution in [3.63, 3.8) is 0 Å². The van der Waals surface area contributed by atoms with Crippen LogP contribution < -0.4 is 0 Å². The largest absolute Gasteiger partial charge is 0.349 e. The average Bonchev–Trinajstić information content (AvgIpc) is 3.15. The van der Waals surface area contributed by atoms with Crippen LogP contribution >= 0.6 is 11.8 Å². The van der Waals surface area contributed by atoms with Gasteiger partial charge in [0, 0.05) is 38.0 Å². The Kier molecular flexibility index (Phi) is 5.30. The number of hydrogen-bond acceptors (Lipinski definition) is 7. The van der Waals surface area contributed by atoms with Gasteiger partial charge in [-0.15, -0.1) is 5.10 Å². The Morgan fingerprint density at radius 1 is 1.23 bits per heavy atom. The van der Waals surface area contributed by atoms with Crippen molar-refractivity contribution in [1.82, 2.24) is 30.0 Å². The van der Waals surface area contributed by atoms with Crippen LogP contribution in [0.3, 0.4) is 0 Å². The number of piperazine rings is 1. The molecule has 0 aromatic carbocycles. The lowest BCUT2D eigenvalue weighted by atomic mass is 10.3. The third-order valence-electron chi connectivity index (χ3n) is 4.13. The number of nitrogens with zero attached hydrogens (tertiary/aromatic N) is 7. The van der Waals surface area contributed by atoms with Crippen LogP contribution in [0.25, 0.3) is 0 Å². The van der Waals surface area contributed by atoms with E-state index in [-0.39, 0.29) is 0 Å². The zero-order chi connectivity index (χ0) is 15.4. The van der Waals surface area contributed by atoms with Gasteiger partial charge in [0.05, 0.1) is 13.1 Å². The first kappa shape index (κ1) is 15.7. The molecule has 0 bridgehead atoms. The molecule has 7 nitrogen and oxygen atoms in total. The van der Waals surface area contributed by atoms with E-state index >= 15 is 0 Å². The quantitative estimate of drug-likeness (QED) is 0.808. The number of aryl methyl sites for hydroxylation is 1. The zero-order valence-electron chi connectivity index (χ0n) is 13.5. The maximum Gasteiger partial charge on any atom is 0.165 e. The van der Waals surface area contributed by atoms with Gasteiger partial charge in [-0.05, 0) is 16.8 Å². The Bertz CT molecular complexity index is 507. The summed E-state index contributed by atoms with van der Waals surface area (Å²) in [7, 11) is 0. The van der Waals surface area contributed by atoms with Gasteiger partial charge in [0.2, 0.25) is 0 Å². The Morgan fingerprint density at radius 2 is 2.05 bits per heavy atom. The van der Waals surface area contributed by atoms with Gasteiger partial charge in [-0.2, -0.15) is 0 Å². The maximum absolute atomic E-state index is 4.64. The molecule has 0 amide bonds. The van der Waals surface area contributed by atoms with Gasteiger partial charge in [0.1, 0.15) is 0 Å². The summed E-state index contributed by atoms with van der Waals surface area (Å²) in [6.07, 6.45) is 2.29. The van der Waals surface area contributed by atoms with E-state index in [1.54, 1.807) is 0 Å². The second-order valence-electron chi connectivity index (χ2n) is 5.99. The van der Waals surface area contributed by atoms with Crippen LogP contribution in [0.1, 0.15) is 32.5 Å². The lowest BCUT2D eigenvalue weighted by Crippen LogP contribution is -2.47. The van der Waals surface area contributed by atoms with Crippen molar-refractivity contribution in [2.45, 2.75) is 45.0 Å². The molecule has 1 atom stereocenters. The topological polar surface area (TPSA) is 62.4 Å². The van der Waals surface area contributed by atoms with E-state index in [1.165, 1.54) is 5.17 Å². The molecule has 1 aromatic rings. The van der Waals surface area contributed by atoms with E-state index in [0.29, 0.717) is 5.25 Å². The molecule has 0 N–H and O–H groups in total. The first-order valence-corrected chi connectivity index (χ1v) is 9.07. The fraction of sp³-hybridized carbons (Fsp3) is 0.857. The van der Waals surface area contributed by atoms with Crippen LogP contribution in [-0.2, 0) is 13.1 Å². The van der Waals surface area contributed by atoms with E-state index in [0.717, 1.165) is 64.5 Å². The van der Waals surface area contributed by atoms with Gasteiger partial charge in [-0.25, -0.2) is 4.68 Å². The Hall–Kier alpha value is -1.15.